The van der Waals surface area contributed by atoms with Crippen LogP contribution in [0.5, 0.6) is 5.75 Å². The van der Waals surface area contributed by atoms with Crippen LogP contribution in [0.15, 0.2) is 49.1 Å². The molecule has 2 N–H and O–H groups in total. The maximum atomic E-state index is 13.8. The average Bonchev–Trinajstić information content (AvgIpc) is 3.33. The molecule has 0 bridgehead atoms. The zero-order valence-corrected chi connectivity index (χ0v) is 17.1. The number of halogens is 3. The van der Waals surface area contributed by atoms with E-state index in [0.717, 1.165) is 10.8 Å². The molecule has 0 aliphatic rings. The first-order valence-corrected chi connectivity index (χ1v) is 9.24. The summed E-state index contributed by atoms with van der Waals surface area (Å²) in [5.41, 5.74) is -2.91. The lowest BCUT2D eigenvalue weighted by molar-refractivity contribution is -0.271. The van der Waals surface area contributed by atoms with Crippen molar-refractivity contribution in [1.29, 1.82) is 0 Å². The van der Waals surface area contributed by atoms with Crippen LogP contribution in [0.4, 0.5) is 13.2 Å². The number of hydrogen-bond acceptors (Lipinski definition) is 5. The molecule has 0 radical (unpaired) electrons. The SMILES string of the molecule is COc1cccc(C(NC(=O)CC(O)(c2nccn2C)C(F)(F)F)c2nccn2C)c1. The fraction of sp³-hybridized carbons (Fsp3) is 0.350. The van der Waals surface area contributed by atoms with E-state index >= 15 is 0 Å². The molecule has 2 heterocycles. The summed E-state index contributed by atoms with van der Waals surface area (Å²) in [6, 6.07) is 5.85. The fourth-order valence-corrected chi connectivity index (χ4v) is 3.29. The van der Waals surface area contributed by atoms with Crippen molar-refractivity contribution in [3.05, 3.63) is 66.3 Å². The monoisotopic (exact) mass is 437 g/mol. The number of carbonyl (C=O) groups is 1. The number of nitrogens with one attached hydrogen (secondary N) is 1. The van der Waals surface area contributed by atoms with E-state index in [1.165, 1.54) is 26.6 Å². The van der Waals surface area contributed by atoms with Gasteiger partial charge < -0.3 is 24.3 Å². The molecular formula is C20H22F3N5O3. The molecule has 3 rings (SSSR count). The summed E-state index contributed by atoms with van der Waals surface area (Å²) in [5, 5.41) is 13.1. The number of ether oxygens (including phenoxy) is 1. The summed E-state index contributed by atoms with van der Waals surface area (Å²) >= 11 is 0. The van der Waals surface area contributed by atoms with Crippen molar-refractivity contribution in [2.75, 3.05) is 7.11 Å². The molecule has 1 amide bonds. The van der Waals surface area contributed by atoms with E-state index in [9.17, 15) is 23.1 Å². The molecule has 2 unspecified atom stereocenters. The van der Waals surface area contributed by atoms with Gasteiger partial charge in [-0.15, -0.1) is 0 Å². The number of rotatable bonds is 7. The molecule has 2 atom stereocenters. The summed E-state index contributed by atoms with van der Waals surface area (Å²) < 4.78 is 49.2. The number of carbonyl (C=O) groups excluding carboxylic acids is 1. The van der Waals surface area contributed by atoms with Gasteiger partial charge in [-0.2, -0.15) is 13.2 Å². The predicted molar refractivity (Wildman–Crippen MR) is 104 cm³/mol. The number of hydrogen-bond donors (Lipinski definition) is 2. The number of aryl methyl sites for hydroxylation is 2. The third kappa shape index (κ3) is 4.41. The lowest BCUT2D eigenvalue weighted by Gasteiger charge is -2.30. The molecule has 0 spiro atoms. The molecule has 11 heteroatoms. The van der Waals surface area contributed by atoms with Crippen molar-refractivity contribution in [3.63, 3.8) is 0 Å². The maximum Gasteiger partial charge on any atom is 0.425 e. The van der Waals surface area contributed by atoms with E-state index in [1.807, 2.05) is 0 Å². The number of nitrogens with zero attached hydrogens (tertiary/aromatic N) is 4. The van der Waals surface area contributed by atoms with Crippen LogP contribution in [-0.2, 0) is 24.5 Å². The highest BCUT2D eigenvalue weighted by Crippen LogP contribution is 2.41. The molecule has 2 aromatic heterocycles. The summed E-state index contributed by atoms with van der Waals surface area (Å²) in [6.07, 6.45) is -0.860. The van der Waals surface area contributed by atoms with E-state index in [0.29, 0.717) is 17.1 Å². The number of methoxy groups -OCH3 is 1. The Morgan fingerprint density at radius 3 is 2.42 bits per heavy atom. The molecular weight excluding hydrogens is 415 g/mol. The molecule has 31 heavy (non-hydrogen) atoms. The minimum atomic E-state index is -5.13. The van der Waals surface area contributed by atoms with Crippen LogP contribution >= 0.6 is 0 Å². The molecule has 0 saturated carbocycles. The largest absolute Gasteiger partial charge is 0.497 e. The molecule has 8 nitrogen and oxygen atoms in total. The van der Waals surface area contributed by atoms with Gasteiger partial charge in [0.1, 0.15) is 17.6 Å². The third-order valence-electron chi connectivity index (χ3n) is 4.93. The maximum absolute atomic E-state index is 13.8. The predicted octanol–water partition coefficient (Wildman–Crippen LogP) is 2.21. The number of aliphatic hydroxyl groups is 1. The number of imidazole rings is 2. The van der Waals surface area contributed by atoms with Gasteiger partial charge in [0.2, 0.25) is 11.5 Å². The Morgan fingerprint density at radius 2 is 1.87 bits per heavy atom. The van der Waals surface area contributed by atoms with Crippen LogP contribution in [0.25, 0.3) is 0 Å². The molecule has 0 fully saturated rings. The van der Waals surface area contributed by atoms with Gasteiger partial charge in [-0.3, -0.25) is 4.79 Å². The molecule has 0 aliphatic heterocycles. The molecule has 166 valence electrons. The van der Waals surface area contributed by atoms with E-state index in [4.69, 9.17) is 4.74 Å². The minimum absolute atomic E-state index is 0.397. The first kappa shape index (κ1) is 22.3. The smallest absolute Gasteiger partial charge is 0.425 e. The van der Waals surface area contributed by atoms with Gasteiger partial charge in [-0.05, 0) is 17.7 Å². The summed E-state index contributed by atoms with van der Waals surface area (Å²) in [5.74, 6) is -0.802. The quantitative estimate of drug-likeness (QED) is 0.591. The van der Waals surface area contributed by atoms with Crippen molar-refractivity contribution in [2.24, 2.45) is 14.1 Å². The number of benzene rings is 1. The average molecular weight is 437 g/mol. The summed E-state index contributed by atoms with van der Waals surface area (Å²) in [4.78, 5) is 20.6. The number of amides is 1. The van der Waals surface area contributed by atoms with E-state index in [-0.39, 0.29) is 0 Å². The lowest BCUT2D eigenvalue weighted by atomic mass is 9.96. The highest BCUT2D eigenvalue weighted by Gasteiger charge is 2.58. The van der Waals surface area contributed by atoms with Crippen molar-refractivity contribution >= 4 is 5.91 Å². The van der Waals surface area contributed by atoms with Crippen LogP contribution in [0.3, 0.4) is 0 Å². The van der Waals surface area contributed by atoms with Gasteiger partial charge in [-0.25, -0.2) is 9.97 Å². The zero-order chi connectivity index (χ0) is 22.8. The highest BCUT2D eigenvalue weighted by molar-refractivity contribution is 5.78. The van der Waals surface area contributed by atoms with E-state index in [2.05, 4.69) is 15.3 Å². The topological polar surface area (TPSA) is 94.2 Å². The van der Waals surface area contributed by atoms with Gasteiger partial charge >= 0.3 is 6.18 Å². The lowest BCUT2D eigenvalue weighted by Crippen LogP contribution is -2.48. The van der Waals surface area contributed by atoms with Crippen molar-refractivity contribution in [1.82, 2.24) is 24.4 Å². The molecule has 3 aromatic rings. The van der Waals surface area contributed by atoms with Crippen molar-refractivity contribution in [3.8, 4) is 5.75 Å². The second kappa shape index (κ2) is 8.42. The Morgan fingerprint density at radius 1 is 1.19 bits per heavy atom. The summed E-state index contributed by atoms with van der Waals surface area (Å²) in [6.45, 7) is 0. The van der Waals surface area contributed by atoms with E-state index in [1.54, 1.807) is 42.1 Å². The van der Waals surface area contributed by atoms with Gasteiger partial charge in [0.15, 0.2) is 5.82 Å². The number of alkyl halides is 3. The van der Waals surface area contributed by atoms with Crippen molar-refractivity contribution < 1.29 is 27.8 Å². The minimum Gasteiger partial charge on any atom is -0.497 e. The first-order chi connectivity index (χ1) is 14.6. The number of aromatic nitrogens is 4. The molecule has 1 aromatic carbocycles. The van der Waals surface area contributed by atoms with E-state index < -0.39 is 36.0 Å². The van der Waals surface area contributed by atoms with Gasteiger partial charge in [0, 0.05) is 38.9 Å². The Bertz CT molecular complexity index is 1060. The van der Waals surface area contributed by atoms with Crippen LogP contribution in [0, 0.1) is 0 Å². The van der Waals surface area contributed by atoms with Crippen LogP contribution in [-0.4, -0.2) is 43.4 Å². The Hall–Kier alpha value is -3.34. The van der Waals surface area contributed by atoms with Crippen LogP contribution in [0.1, 0.15) is 29.7 Å². The Kier molecular flexibility index (Phi) is 6.07. The summed E-state index contributed by atoms with van der Waals surface area (Å²) in [7, 11) is 4.48. The first-order valence-electron chi connectivity index (χ1n) is 9.24. The third-order valence-corrected chi connectivity index (χ3v) is 4.93. The second-order valence-electron chi connectivity index (χ2n) is 7.07. The van der Waals surface area contributed by atoms with Gasteiger partial charge in [0.25, 0.3) is 0 Å². The van der Waals surface area contributed by atoms with Gasteiger partial charge in [0.05, 0.1) is 13.5 Å². The Labute approximate surface area is 176 Å². The zero-order valence-electron chi connectivity index (χ0n) is 17.1. The van der Waals surface area contributed by atoms with Crippen LogP contribution in [0.2, 0.25) is 0 Å². The fourth-order valence-electron chi connectivity index (χ4n) is 3.29. The normalized spacial score (nSPS) is 14.7. The van der Waals surface area contributed by atoms with Crippen molar-refractivity contribution in [2.45, 2.75) is 24.2 Å². The molecule has 0 aliphatic carbocycles. The second-order valence-corrected chi connectivity index (χ2v) is 7.07. The molecule has 0 saturated heterocycles. The highest BCUT2D eigenvalue weighted by atomic mass is 19.4. The standard InChI is InChI=1S/C20H22F3N5O3/c1-27-9-7-24-17(27)16(13-5-4-6-14(11-13)31-3)26-15(29)12-19(30,20(21,22)23)18-25-8-10-28(18)2/h4-11,16,30H,12H2,1-3H3,(H,26,29). The Balaban J connectivity index is 1.95. The van der Waals surface area contributed by atoms with Crippen LogP contribution < -0.4 is 10.1 Å². The van der Waals surface area contributed by atoms with Gasteiger partial charge in [-0.1, -0.05) is 12.1 Å².